The average Bonchev–Trinajstić information content (AvgIpc) is 3.39. The maximum atomic E-state index is 13.1. The summed E-state index contributed by atoms with van der Waals surface area (Å²) in [6, 6.07) is 38.3. The highest BCUT2D eigenvalue weighted by Crippen LogP contribution is 2.61. The number of amides is 4. The fourth-order valence-electron chi connectivity index (χ4n) is 7.69. The molecule has 2 unspecified atom stereocenters. The number of carbonyl (C=O) groups is 6. The van der Waals surface area contributed by atoms with E-state index in [1.54, 1.807) is 51.4 Å². The van der Waals surface area contributed by atoms with Crippen LogP contribution in [0.4, 0.5) is 17.1 Å². The van der Waals surface area contributed by atoms with Crippen LogP contribution in [0, 0.1) is 13.8 Å². The fraction of sp³-hybridized carbons (Fsp3) is 0.296. The number of thioether (sulfide) groups is 3. The van der Waals surface area contributed by atoms with Crippen molar-refractivity contribution in [2.24, 2.45) is 0 Å². The molecule has 4 amide bonds. The zero-order valence-corrected chi connectivity index (χ0v) is 45.2. The van der Waals surface area contributed by atoms with E-state index in [0.29, 0.717) is 29.3 Å². The second kappa shape index (κ2) is 27.4. The first-order valence-corrected chi connectivity index (χ1v) is 28.0. The summed E-state index contributed by atoms with van der Waals surface area (Å²) in [5, 5.41) is 8.49. The van der Waals surface area contributed by atoms with Crippen LogP contribution in [0.2, 0.25) is 0 Å². The summed E-state index contributed by atoms with van der Waals surface area (Å²) in [5.41, 5.74) is 8.00. The minimum atomic E-state index is -3.68. The Balaban J connectivity index is 0.000000181. The number of anilines is 3. The van der Waals surface area contributed by atoms with Crippen molar-refractivity contribution in [1.82, 2.24) is 5.48 Å². The van der Waals surface area contributed by atoms with Crippen LogP contribution in [0.15, 0.2) is 141 Å². The number of ether oxygens (including phenoxy) is 2. The number of aryl methyl sites for hydroxylation is 2. The molecule has 16 nitrogen and oxygen atoms in total. The van der Waals surface area contributed by atoms with Crippen molar-refractivity contribution in [1.29, 1.82) is 0 Å². The fourth-order valence-corrected chi connectivity index (χ4v) is 13.6. The van der Waals surface area contributed by atoms with Crippen molar-refractivity contribution in [2.75, 3.05) is 60.8 Å². The van der Waals surface area contributed by atoms with E-state index in [4.69, 9.17) is 23.7 Å². The van der Waals surface area contributed by atoms with Gasteiger partial charge in [0.15, 0.2) is 4.99 Å². The number of rotatable bonds is 16. The first kappa shape index (κ1) is 57.1. The molecule has 0 aromatic heterocycles. The van der Waals surface area contributed by atoms with E-state index < -0.39 is 36.3 Å². The molecule has 5 aromatic rings. The zero-order chi connectivity index (χ0) is 53.4. The third kappa shape index (κ3) is 14.8. The largest absolute Gasteiger partial charge is 0.465 e. The first-order chi connectivity index (χ1) is 35.6. The number of hydroxylamine groups is 1. The Kier molecular flexibility index (Phi) is 21.1. The Morgan fingerprint density at radius 2 is 1.08 bits per heavy atom. The number of fused-ring (bicyclic) bond motifs is 3. The second-order valence-corrected chi connectivity index (χ2v) is 22.4. The van der Waals surface area contributed by atoms with Crippen LogP contribution in [0.1, 0.15) is 49.9 Å². The van der Waals surface area contributed by atoms with E-state index in [-0.39, 0.29) is 56.5 Å². The molecule has 0 saturated carbocycles. The van der Waals surface area contributed by atoms with Crippen molar-refractivity contribution in [3.8, 4) is 0 Å². The molecule has 0 spiro atoms. The van der Waals surface area contributed by atoms with Gasteiger partial charge in [0.25, 0.3) is 17.7 Å². The summed E-state index contributed by atoms with van der Waals surface area (Å²) < 4.78 is 33.8. The molecule has 5 aromatic carbocycles. The standard InChI is InChI=1S/C20H19NO3S.C18H18N2O3S.C16H22NO6PS/c1-3-24-19(22)13-21-16-6-4-5-7-17(16)25-18(20(21)23)12-15-10-8-14(2)9-11-15;1-12-6-8-13(9-7-12)10-16-18(22)20(11-17(21)19-23)14-4-2-3-5-15(14)24-16;1-4-21-14(18)11-17-12-9-7-8-10-13(12)25-16(15(17)19)24(20,22-5-2)23-6-3/h4-12H,3,13H2,1-2H3;2-9,16,23H,10-11H2,1H3,(H,19,21);7-10,16H,4-6,11H2,1-3H3/b18-12-;;. The van der Waals surface area contributed by atoms with Crippen LogP contribution in [0.3, 0.4) is 0 Å². The highest BCUT2D eigenvalue weighted by molar-refractivity contribution is 8.06. The third-order valence-corrected chi connectivity index (χ3v) is 17.6. The molecule has 0 bridgehead atoms. The van der Waals surface area contributed by atoms with Gasteiger partial charge < -0.3 is 23.4 Å². The maximum Gasteiger partial charge on any atom is 0.353 e. The average molecular weight is 1080 g/mol. The minimum Gasteiger partial charge on any atom is -0.465 e. The van der Waals surface area contributed by atoms with Crippen molar-refractivity contribution in [3.63, 3.8) is 0 Å². The predicted octanol–water partition coefficient (Wildman–Crippen LogP) is 9.87. The van der Waals surface area contributed by atoms with Gasteiger partial charge in [0.2, 0.25) is 5.91 Å². The number of esters is 2. The third-order valence-electron chi connectivity index (χ3n) is 11.1. The number of nitrogens with zero attached hydrogens (tertiary/aromatic N) is 3. The van der Waals surface area contributed by atoms with Crippen LogP contribution in [-0.2, 0) is 58.3 Å². The van der Waals surface area contributed by atoms with Crippen LogP contribution >= 0.6 is 42.9 Å². The maximum absolute atomic E-state index is 13.1. The summed E-state index contributed by atoms with van der Waals surface area (Å²) in [6.07, 6.45) is 2.45. The first-order valence-electron chi connectivity index (χ1n) is 23.8. The van der Waals surface area contributed by atoms with Crippen LogP contribution in [-0.4, -0.2) is 97.1 Å². The number of carbonyl (C=O) groups excluding carboxylic acids is 6. The van der Waals surface area contributed by atoms with Gasteiger partial charge in [-0.25, -0.2) is 5.48 Å². The monoisotopic (exact) mass is 1080 g/mol. The van der Waals surface area contributed by atoms with E-state index in [0.717, 1.165) is 43.3 Å². The number of benzene rings is 5. The van der Waals surface area contributed by atoms with Gasteiger partial charge in [0, 0.05) is 14.7 Å². The van der Waals surface area contributed by atoms with Gasteiger partial charge in [-0.3, -0.25) is 48.3 Å². The number of nitrogens with one attached hydrogen (secondary N) is 1. The minimum absolute atomic E-state index is 0.0878. The van der Waals surface area contributed by atoms with Crippen molar-refractivity contribution in [2.45, 2.75) is 72.9 Å². The molecule has 3 heterocycles. The van der Waals surface area contributed by atoms with E-state index in [2.05, 4.69) is 0 Å². The van der Waals surface area contributed by atoms with E-state index in [9.17, 15) is 33.3 Å². The van der Waals surface area contributed by atoms with Gasteiger partial charge in [0.05, 0.1) is 53.6 Å². The van der Waals surface area contributed by atoms with Gasteiger partial charge in [-0.1, -0.05) is 120 Å². The lowest BCUT2D eigenvalue weighted by Crippen LogP contribution is -2.46. The molecule has 3 aliphatic heterocycles. The topological polar surface area (TPSA) is 198 Å². The van der Waals surface area contributed by atoms with Crippen molar-refractivity contribution < 1.29 is 57.1 Å². The summed E-state index contributed by atoms with van der Waals surface area (Å²) in [6.45, 7) is 11.2. The smallest absolute Gasteiger partial charge is 0.353 e. The van der Waals surface area contributed by atoms with Crippen molar-refractivity contribution in [3.05, 3.63) is 148 Å². The summed E-state index contributed by atoms with van der Waals surface area (Å²) in [5.74, 6) is -2.34. The van der Waals surface area contributed by atoms with Crippen LogP contribution < -0.4 is 20.2 Å². The highest BCUT2D eigenvalue weighted by Gasteiger charge is 2.48. The van der Waals surface area contributed by atoms with E-state index >= 15 is 0 Å². The van der Waals surface area contributed by atoms with Gasteiger partial charge in [-0.15, -0.1) is 11.8 Å². The summed E-state index contributed by atoms with van der Waals surface area (Å²) in [7, 11) is -3.68. The summed E-state index contributed by atoms with van der Waals surface area (Å²) >= 11 is 4.08. The molecule has 20 heteroatoms. The molecule has 8 rings (SSSR count). The van der Waals surface area contributed by atoms with E-state index in [1.165, 1.54) is 49.4 Å². The highest BCUT2D eigenvalue weighted by atomic mass is 32.2. The molecule has 0 fully saturated rings. The number of para-hydroxylation sites is 3. The normalized spacial score (nSPS) is 16.4. The lowest BCUT2D eigenvalue weighted by Gasteiger charge is -2.35. The molecule has 74 heavy (non-hydrogen) atoms. The van der Waals surface area contributed by atoms with Crippen LogP contribution in [0.5, 0.6) is 0 Å². The van der Waals surface area contributed by atoms with E-state index in [1.807, 2.05) is 123 Å². The molecular formula is C54H59N4O12PS3. The van der Waals surface area contributed by atoms with Gasteiger partial charge in [-0.2, -0.15) is 0 Å². The SMILES string of the molecule is CCOC(=O)CN1C(=O)/C(=C/c2ccc(C)cc2)Sc2ccccc21.CCOC(=O)CN1C(=O)C(P(=O)(OCC)OCC)Sc2ccccc21.Cc1ccc(CC2Sc3ccccc3N(CC(=O)NO)C2=O)cc1. The Morgan fingerprint density at radius 1 is 0.608 bits per heavy atom. The molecule has 0 saturated heterocycles. The van der Waals surface area contributed by atoms with Gasteiger partial charge in [0.1, 0.15) is 19.6 Å². The Hall–Kier alpha value is -6.18. The molecule has 0 aliphatic carbocycles. The Morgan fingerprint density at radius 3 is 1.61 bits per heavy atom. The van der Waals surface area contributed by atoms with Crippen LogP contribution in [0.25, 0.3) is 6.08 Å². The van der Waals surface area contributed by atoms with Gasteiger partial charge >= 0.3 is 19.5 Å². The molecule has 2 N–H and O–H groups in total. The lowest BCUT2D eigenvalue weighted by molar-refractivity contribution is -0.142. The molecule has 2 atom stereocenters. The lowest BCUT2D eigenvalue weighted by atomic mass is 10.1. The zero-order valence-electron chi connectivity index (χ0n) is 41.9. The Bertz CT molecular complexity index is 2880. The van der Waals surface area contributed by atoms with Crippen molar-refractivity contribution >= 4 is 102 Å². The quantitative estimate of drug-likeness (QED) is 0.0311. The summed E-state index contributed by atoms with van der Waals surface area (Å²) in [4.78, 5) is 80.6. The number of hydrogen-bond donors (Lipinski definition) is 2. The molecule has 390 valence electrons. The molecule has 3 aliphatic rings. The number of hydrogen-bond acceptors (Lipinski definition) is 15. The molecule has 0 radical (unpaired) electrons. The Labute approximate surface area is 444 Å². The predicted molar refractivity (Wildman–Crippen MR) is 290 cm³/mol. The van der Waals surface area contributed by atoms with Gasteiger partial charge in [-0.05, 0) is 102 Å². The second-order valence-electron chi connectivity index (χ2n) is 16.5. The molecular weight excluding hydrogens is 1020 g/mol.